The maximum absolute atomic E-state index is 5.58. The van der Waals surface area contributed by atoms with Crippen molar-refractivity contribution >= 4 is 0 Å². The van der Waals surface area contributed by atoms with Crippen LogP contribution in [0.4, 0.5) is 0 Å². The van der Waals surface area contributed by atoms with Gasteiger partial charge in [0, 0.05) is 19.6 Å². The van der Waals surface area contributed by atoms with Crippen LogP contribution >= 0.6 is 0 Å². The third kappa shape index (κ3) is 1.80. The fraction of sp³-hybridized carbons (Fsp3) is 1.00. The summed E-state index contributed by atoms with van der Waals surface area (Å²) in [5.41, 5.74) is 5.58. The number of likely N-dealkylation sites (tertiary alicyclic amines) is 1. The van der Waals surface area contributed by atoms with Gasteiger partial charge >= 0.3 is 0 Å². The molecule has 12 heavy (non-hydrogen) atoms. The zero-order chi connectivity index (χ0) is 8.39. The molecule has 0 aromatic rings. The van der Waals surface area contributed by atoms with Gasteiger partial charge in [-0.25, -0.2) is 0 Å². The predicted octanol–water partition coefficient (Wildman–Crippen LogP) is 1.07. The molecule has 2 aliphatic rings. The molecule has 0 radical (unpaired) electrons. The van der Waals surface area contributed by atoms with E-state index in [9.17, 15) is 0 Å². The molecule has 0 bridgehead atoms. The van der Waals surface area contributed by atoms with Gasteiger partial charge in [-0.3, -0.25) is 0 Å². The third-order valence-corrected chi connectivity index (χ3v) is 3.36. The number of nitrogens with two attached hydrogens (primary N) is 1. The average molecular weight is 168 g/mol. The molecule has 2 fully saturated rings. The summed E-state index contributed by atoms with van der Waals surface area (Å²) in [6.07, 6.45) is 5.89. The van der Waals surface area contributed by atoms with E-state index in [4.69, 9.17) is 5.73 Å². The molecule has 0 aromatic heterocycles. The van der Waals surface area contributed by atoms with E-state index in [-0.39, 0.29) is 0 Å². The maximum Gasteiger partial charge on any atom is 0.00342 e. The topological polar surface area (TPSA) is 29.3 Å². The summed E-state index contributed by atoms with van der Waals surface area (Å²) in [6, 6.07) is 0. The molecule has 0 unspecified atom stereocenters. The lowest BCUT2D eigenvalue weighted by Crippen LogP contribution is -2.51. The van der Waals surface area contributed by atoms with E-state index in [0.29, 0.717) is 0 Å². The van der Waals surface area contributed by atoms with Crippen LogP contribution < -0.4 is 5.73 Å². The highest BCUT2D eigenvalue weighted by Gasteiger charge is 2.28. The van der Waals surface area contributed by atoms with Gasteiger partial charge in [0.2, 0.25) is 0 Å². The van der Waals surface area contributed by atoms with Crippen LogP contribution in [0.1, 0.15) is 25.7 Å². The third-order valence-electron chi connectivity index (χ3n) is 3.36. The van der Waals surface area contributed by atoms with Gasteiger partial charge in [-0.15, -0.1) is 0 Å². The zero-order valence-electron chi connectivity index (χ0n) is 7.84. The summed E-state index contributed by atoms with van der Waals surface area (Å²) in [7, 11) is 0. The Morgan fingerprint density at radius 2 is 1.75 bits per heavy atom. The van der Waals surface area contributed by atoms with Gasteiger partial charge in [0.05, 0.1) is 0 Å². The number of hydrogen-bond donors (Lipinski definition) is 1. The summed E-state index contributed by atoms with van der Waals surface area (Å²) in [5, 5.41) is 0. The van der Waals surface area contributed by atoms with Crippen LogP contribution in [-0.2, 0) is 0 Å². The van der Waals surface area contributed by atoms with Gasteiger partial charge in [-0.1, -0.05) is 12.8 Å². The molecule has 0 spiro atoms. The van der Waals surface area contributed by atoms with Crippen LogP contribution in [0, 0.1) is 11.8 Å². The summed E-state index contributed by atoms with van der Waals surface area (Å²) in [5.74, 6) is 1.83. The van der Waals surface area contributed by atoms with Crippen LogP contribution in [0.15, 0.2) is 0 Å². The lowest BCUT2D eigenvalue weighted by molar-refractivity contribution is 0.0873. The van der Waals surface area contributed by atoms with Crippen molar-refractivity contribution in [2.24, 2.45) is 17.6 Å². The van der Waals surface area contributed by atoms with E-state index in [0.717, 1.165) is 18.4 Å². The van der Waals surface area contributed by atoms with Crippen LogP contribution in [0.2, 0.25) is 0 Å². The highest BCUT2D eigenvalue weighted by atomic mass is 15.2. The Balaban J connectivity index is 1.62. The van der Waals surface area contributed by atoms with Gasteiger partial charge < -0.3 is 10.6 Å². The van der Waals surface area contributed by atoms with Crippen molar-refractivity contribution in [1.82, 2.24) is 4.90 Å². The van der Waals surface area contributed by atoms with Crippen molar-refractivity contribution in [3.05, 3.63) is 0 Å². The molecule has 1 saturated carbocycles. The fourth-order valence-corrected chi connectivity index (χ4v) is 2.53. The van der Waals surface area contributed by atoms with Crippen LogP contribution in [-0.4, -0.2) is 31.1 Å². The summed E-state index contributed by atoms with van der Waals surface area (Å²) in [6.45, 7) is 4.79. The largest absolute Gasteiger partial charge is 0.330 e. The molecule has 2 heteroatoms. The number of nitrogens with zero attached hydrogens (tertiary/aromatic N) is 1. The van der Waals surface area contributed by atoms with E-state index < -0.39 is 0 Å². The number of hydrogen-bond acceptors (Lipinski definition) is 2. The van der Waals surface area contributed by atoms with Crippen molar-refractivity contribution < 1.29 is 0 Å². The van der Waals surface area contributed by atoms with E-state index in [2.05, 4.69) is 4.90 Å². The monoisotopic (exact) mass is 168 g/mol. The molecule has 1 aliphatic carbocycles. The number of rotatable bonds is 3. The molecular formula is C10H20N2. The minimum atomic E-state index is 0.811. The molecule has 1 heterocycles. The van der Waals surface area contributed by atoms with Crippen molar-refractivity contribution in [1.29, 1.82) is 0 Å². The van der Waals surface area contributed by atoms with Crippen molar-refractivity contribution in [2.75, 3.05) is 26.2 Å². The maximum atomic E-state index is 5.58. The molecule has 2 rings (SSSR count). The minimum Gasteiger partial charge on any atom is -0.330 e. The van der Waals surface area contributed by atoms with Crippen molar-refractivity contribution in [2.45, 2.75) is 25.7 Å². The van der Waals surface area contributed by atoms with Gasteiger partial charge in [0.25, 0.3) is 0 Å². The first-order valence-corrected chi connectivity index (χ1v) is 5.31. The minimum absolute atomic E-state index is 0.811. The first kappa shape index (κ1) is 8.52. The van der Waals surface area contributed by atoms with E-state index in [1.807, 2.05) is 0 Å². The Kier molecular flexibility index (Phi) is 2.66. The fourth-order valence-electron chi connectivity index (χ4n) is 2.53. The summed E-state index contributed by atoms with van der Waals surface area (Å²) in [4.78, 5) is 2.58. The lowest BCUT2D eigenvalue weighted by Gasteiger charge is -2.40. The lowest BCUT2D eigenvalue weighted by atomic mass is 9.97. The van der Waals surface area contributed by atoms with E-state index in [1.54, 1.807) is 0 Å². The second kappa shape index (κ2) is 3.75. The molecule has 2 nitrogen and oxygen atoms in total. The van der Waals surface area contributed by atoms with Crippen LogP contribution in [0.3, 0.4) is 0 Å². The quantitative estimate of drug-likeness (QED) is 0.683. The van der Waals surface area contributed by atoms with Crippen LogP contribution in [0.25, 0.3) is 0 Å². The normalized spacial score (nSPS) is 27.8. The second-order valence-electron chi connectivity index (χ2n) is 4.47. The molecular weight excluding hydrogens is 148 g/mol. The standard InChI is InChI=1S/C10H20N2/c11-5-10-7-12(8-10)6-9-3-1-2-4-9/h9-10H,1-8,11H2. The highest BCUT2D eigenvalue weighted by molar-refractivity contribution is 4.83. The van der Waals surface area contributed by atoms with Crippen molar-refractivity contribution in [3.63, 3.8) is 0 Å². The molecule has 0 atom stereocenters. The second-order valence-corrected chi connectivity index (χ2v) is 4.47. The smallest absolute Gasteiger partial charge is 0.00342 e. The Bertz CT molecular complexity index is 135. The Hall–Kier alpha value is -0.0800. The predicted molar refractivity (Wildman–Crippen MR) is 50.9 cm³/mol. The Morgan fingerprint density at radius 3 is 2.33 bits per heavy atom. The van der Waals surface area contributed by atoms with Gasteiger partial charge in [0.15, 0.2) is 0 Å². The Labute approximate surface area is 75.1 Å². The molecule has 0 amide bonds. The SMILES string of the molecule is NCC1CN(CC2CCCC2)C1. The van der Waals surface area contributed by atoms with E-state index >= 15 is 0 Å². The Morgan fingerprint density at radius 1 is 1.08 bits per heavy atom. The zero-order valence-corrected chi connectivity index (χ0v) is 7.84. The average Bonchev–Trinajstić information content (AvgIpc) is 2.47. The van der Waals surface area contributed by atoms with Gasteiger partial charge in [-0.2, -0.15) is 0 Å². The first-order valence-electron chi connectivity index (χ1n) is 5.31. The molecule has 1 aliphatic heterocycles. The van der Waals surface area contributed by atoms with Gasteiger partial charge in [-0.05, 0) is 31.2 Å². The van der Waals surface area contributed by atoms with Crippen LogP contribution in [0.5, 0.6) is 0 Å². The molecule has 2 N–H and O–H groups in total. The summed E-state index contributed by atoms with van der Waals surface area (Å²) < 4.78 is 0. The summed E-state index contributed by atoms with van der Waals surface area (Å²) >= 11 is 0. The van der Waals surface area contributed by atoms with Gasteiger partial charge in [0.1, 0.15) is 0 Å². The van der Waals surface area contributed by atoms with E-state index in [1.165, 1.54) is 45.3 Å². The molecule has 1 saturated heterocycles. The first-order chi connectivity index (χ1) is 5.88. The van der Waals surface area contributed by atoms with Crippen molar-refractivity contribution in [3.8, 4) is 0 Å². The highest BCUT2D eigenvalue weighted by Crippen LogP contribution is 2.27. The molecule has 70 valence electrons. The molecule has 0 aromatic carbocycles.